The summed E-state index contributed by atoms with van der Waals surface area (Å²) in [6.07, 6.45) is 1.10. The van der Waals surface area contributed by atoms with Gasteiger partial charge in [0, 0.05) is 24.8 Å². The van der Waals surface area contributed by atoms with E-state index in [1.807, 2.05) is 0 Å². The first kappa shape index (κ1) is 12.1. The average molecular weight is 206 g/mol. The lowest BCUT2D eigenvalue weighted by Crippen LogP contribution is -2.40. The molecular formula is C13H22N2. The van der Waals surface area contributed by atoms with Gasteiger partial charge in [0.2, 0.25) is 0 Å². The van der Waals surface area contributed by atoms with Crippen molar-refractivity contribution < 1.29 is 0 Å². The van der Waals surface area contributed by atoms with Gasteiger partial charge in [0.15, 0.2) is 0 Å². The van der Waals surface area contributed by atoms with Crippen molar-refractivity contribution in [3.8, 4) is 0 Å². The lowest BCUT2D eigenvalue weighted by Gasteiger charge is -2.31. The zero-order chi connectivity index (χ0) is 11.3. The van der Waals surface area contributed by atoms with Gasteiger partial charge in [-0.25, -0.2) is 0 Å². The van der Waals surface area contributed by atoms with E-state index in [0.717, 1.165) is 19.5 Å². The highest BCUT2D eigenvalue weighted by atomic mass is 15.2. The van der Waals surface area contributed by atoms with Crippen LogP contribution in [0.25, 0.3) is 0 Å². The fourth-order valence-electron chi connectivity index (χ4n) is 1.97. The van der Waals surface area contributed by atoms with Crippen molar-refractivity contribution in [2.24, 2.45) is 5.73 Å². The maximum atomic E-state index is 5.79. The van der Waals surface area contributed by atoms with Gasteiger partial charge in [-0.1, -0.05) is 19.1 Å². The van der Waals surface area contributed by atoms with Crippen LogP contribution in [-0.2, 0) is 0 Å². The molecule has 0 saturated carbocycles. The van der Waals surface area contributed by atoms with E-state index in [9.17, 15) is 0 Å². The van der Waals surface area contributed by atoms with E-state index >= 15 is 0 Å². The molecule has 0 radical (unpaired) electrons. The lowest BCUT2D eigenvalue weighted by molar-refractivity contribution is 0.591. The number of benzene rings is 1. The van der Waals surface area contributed by atoms with Gasteiger partial charge < -0.3 is 10.6 Å². The van der Waals surface area contributed by atoms with Crippen LogP contribution in [0.1, 0.15) is 25.8 Å². The molecule has 84 valence electrons. The Hall–Kier alpha value is -1.02. The molecule has 0 bridgehead atoms. The Kier molecular flexibility index (Phi) is 4.63. The van der Waals surface area contributed by atoms with Gasteiger partial charge in [-0.2, -0.15) is 0 Å². The minimum Gasteiger partial charge on any atom is -0.368 e. The molecule has 1 aromatic carbocycles. The maximum absolute atomic E-state index is 5.79. The average Bonchev–Trinajstić information content (AvgIpc) is 2.25. The Labute approximate surface area is 93.1 Å². The molecule has 0 aliphatic rings. The van der Waals surface area contributed by atoms with Crippen LogP contribution in [0.4, 0.5) is 5.69 Å². The van der Waals surface area contributed by atoms with Crippen molar-refractivity contribution in [2.45, 2.75) is 33.2 Å². The van der Waals surface area contributed by atoms with Gasteiger partial charge >= 0.3 is 0 Å². The smallest absolute Gasteiger partial charge is 0.0409 e. The van der Waals surface area contributed by atoms with E-state index in [2.05, 4.69) is 49.9 Å². The predicted octanol–water partition coefficient (Wildman–Crippen LogP) is 2.56. The summed E-state index contributed by atoms with van der Waals surface area (Å²) in [6.45, 7) is 8.23. The van der Waals surface area contributed by atoms with Crippen LogP contribution in [0.5, 0.6) is 0 Å². The lowest BCUT2D eigenvalue weighted by atomic mass is 10.1. The van der Waals surface area contributed by atoms with Crippen molar-refractivity contribution in [1.82, 2.24) is 0 Å². The van der Waals surface area contributed by atoms with Crippen LogP contribution < -0.4 is 10.6 Å². The number of rotatable bonds is 5. The van der Waals surface area contributed by atoms with E-state index in [4.69, 9.17) is 5.73 Å². The Morgan fingerprint density at radius 3 is 2.53 bits per heavy atom. The molecule has 0 fully saturated rings. The minimum atomic E-state index is 0.455. The van der Waals surface area contributed by atoms with Gasteiger partial charge in [0.05, 0.1) is 0 Å². The second kappa shape index (κ2) is 5.76. The van der Waals surface area contributed by atoms with Crippen LogP contribution in [-0.4, -0.2) is 19.1 Å². The zero-order valence-corrected chi connectivity index (χ0v) is 10.0. The summed E-state index contributed by atoms with van der Waals surface area (Å²) in [5.74, 6) is 0. The normalized spacial score (nSPS) is 12.5. The number of hydrogen-bond donors (Lipinski definition) is 1. The van der Waals surface area contributed by atoms with Crippen molar-refractivity contribution >= 4 is 5.69 Å². The Balaban J connectivity index is 2.90. The van der Waals surface area contributed by atoms with Crippen molar-refractivity contribution in [2.75, 3.05) is 18.0 Å². The second-order valence-corrected chi connectivity index (χ2v) is 3.92. The standard InChI is InChI=1S/C13H22N2/c1-4-12(10-14)15(5-2)13-8-6-7-11(3)9-13/h6-9,12H,4-5,10,14H2,1-3H3. The van der Waals surface area contributed by atoms with Gasteiger partial charge in [0.25, 0.3) is 0 Å². The Bertz CT molecular complexity index is 292. The maximum Gasteiger partial charge on any atom is 0.0409 e. The molecule has 0 saturated heterocycles. The van der Waals surface area contributed by atoms with Gasteiger partial charge in [-0.05, 0) is 38.0 Å². The fraction of sp³-hybridized carbons (Fsp3) is 0.538. The number of hydrogen-bond acceptors (Lipinski definition) is 2. The van der Waals surface area contributed by atoms with Crippen molar-refractivity contribution in [1.29, 1.82) is 0 Å². The summed E-state index contributed by atoms with van der Waals surface area (Å²) < 4.78 is 0. The third kappa shape index (κ3) is 2.96. The summed E-state index contributed by atoms with van der Waals surface area (Å²) in [5.41, 5.74) is 8.38. The molecule has 0 aliphatic carbocycles. The van der Waals surface area contributed by atoms with Crippen LogP contribution in [0.15, 0.2) is 24.3 Å². The molecule has 0 spiro atoms. The molecule has 1 aromatic rings. The van der Waals surface area contributed by atoms with Crippen molar-refractivity contribution in [3.05, 3.63) is 29.8 Å². The molecule has 2 heteroatoms. The first-order chi connectivity index (χ1) is 7.22. The highest BCUT2D eigenvalue weighted by Gasteiger charge is 2.13. The molecule has 0 heterocycles. The molecule has 15 heavy (non-hydrogen) atoms. The number of likely N-dealkylation sites (N-methyl/N-ethyl adjacent to an activating group) is 1. The molecule has 1 unspecified atom stereocenters. The Morgan fingerprint density at radius 1 is 1.33 bits per heavy atom. The molecule has 0 aliphatic heterocycles. The molecule has 2 N–H and O–H groups in total. The molecule has 1 atom stereocenters. The zero-order valence-electron chi connectivity index (χ0n) is 10.0. The summed E-state index contributed by atoms with van der Waals surface area (Å²) in [7, 11) is 0. The fourth-order valence-corrected chi connectivity index (χ4v) is 1.97. The second-order valence-electron chi connectivity index (χ2n) is 3.92. The quantitative estimate of drug-likeness (QED) is 0.802. The van der Waals surface area contributed by atoms with E-state index in [1.165, 1.54) is 11.3 Å². The predicted molar refractivity (Wildman–Crippen MR) is 67.3 cm³/mol. The molecule has 1 rings (SSSR count). The van der Waals surface area contributed by atoms with Crippen LogP contribution in [0.3, 0.4) is 0 Å². The SMILES string of the molecule is CCC(CN)N(CC)c1cccc(C)c1. The van der Waals surface area contributed by atoms with Crippen molar-refractivity contribution in [3.63, 3.8) is 0 Å². The topological polar surface area (TPSA) is 29.3 Å². The Morgan fingerprint density at radius 2 is 2.07 bits per heavy atom. The number of anilines is 1. The summed E-state index contributed by atoms with van der Waals surface area (Å²) in [5, 5.41) is 0. The van der Waals surface area contributed by atoms with Gasteiger partial charge in [-0.15, -0.1) is 0 Å². The van der Waals surface area contributed by atoms with Crippen LogP contribution in [0, 0.1) is 6.92 Å². The van der Waals surface area contributed by atoms with Crippen LogP contribution >= 0.6 is 0 Å². The summed E-state index contributed by atoms with van der Waals surface area (Å²) in [4.78, 5) is 2.38. The third-order valence-corrected chi connectivity index (χ3v) is 2.86. The highest BCUT2D eigenvalue weighted by Crippen LogP contribution is 2.19. The molecule has 2 nitrogen and oxygen atoms in total. The van der Waals surface area contributed by atoms with E-state index < -0.39 is 0 Å². The van der Waals surface area contributed by atoms with E-state index in [1.54, 1.807) is 0 Å². The van der Waals surface area contributed by atoms with E-state index in [0.29, 0.717) is 6.04 Å². The number of nitrogens with zero attached hydrogens (tertiary/aromatic N) is 1. The first-order valence-corrected chi connectivity index (χ1v) is 5.76. The van der Waals surface area contributed by atoms with E-state index in [-0.39, 0.29) is 0 Å². The highest BCUT2D eigenvalue weighted by molar-refractivity contribution is 5.49. The minimum absolute atomic E-state index is 0.455. The van der Waals surface area contributed by atoms with Gasteiger partial charge in [0.1, 0.15) is 0 Å². The third-order valence-electron chi connectivity index (χ3n) is 2.86. The monoisotopic (exact) mass is 206 g/mol. The first-order valence-electron chi connectivity index (χ1n) is 5.76. The summed E-state index contributed by atoms with van der Waals surface area (Å²) >= 11 is 0. The molecule has 0 amide bonds. The number of aryl methyl sites for hydroxylation is 1. The van der Waals surface area contributed by atoms with Crippen LogP contribution in [0.2, 0.25) is 0 Å². The largest absolute Gasteiger partial charge is 0.368 e. The number of nitrogens with two attached hydrogens (primary N) is 1. The summed E-state index contributed by atoms with van der Waals surface area (Å²) in [6, 6.07) is 9.07. The molecule has 0 aromatic heterocycles. The molecular weight excluding hydrogens is 184 g/mol. The van der Waals surface area contributed by atoms with Gasteiger partial charge in [-0.3, -0.25) is 0 Å².